The van der Waals surface area contributed by atoms with Crippen molar-refractivity contribution in [1.82, 2.24) is 15.1 Å². The Kier molecular flexibility index (Phi) is 5.46. The second-order valence-corrected chi connectivity index (χ2v) is 6.19. The Morgan fingerprint density at radius 1 is 1.00 bits per heavy atom. The van der Waals surface area contributed by atoms with Crippen LogP contribution in [0.5, 0.6) is 5.88 Å². The Labute approximate surface area is 151 Å². The van der Waals surface area contributed by atoms with Crippen molar-refractivity contribution in [3.05, 3.63) is 53.2 Å². The number of amides is 1. The first-order chi connectivity index (χ1) is 12.6. The van der Waals surface area contributed by atoms with Gasteiger partial charge in [0, 0.05) is 37.6 Å². The maximum absolute atomic E-state index is 12.6. The number of aromatic nitrogens is 2. The van der Waals surface area contributed by atoms with Gasteiger partial charge in [-0.1, -0.05) is 0 Å². The number of methoxy groups -OCH3 is 1. The topological polar surface area (TPSA) is 81.6 Å². The standard InChI is InChI=1S/C19H21N3O4/c1-13-3-8-17(21-20-13)26-16-9-11-22(12-10-16)18(23)14-4-6-15(7-5-14)19(24)25-2/h3-8,16H,9-12H2,1-2H3. The van der Waals surface area contributed by atoms with Crippen LogP contribution in [0.2, 0.25) is 0 Å². The van der Waals surface area contributed by atoms with Gasteiger partial charge in [-0.05, 0) is 37.3 Å². The molecule has 2 aromatic rings. The molecule has 1 amide bonds. The molecule has 0 saturated carbocycles. The fourth-order valence-electron chi connectivity index (χ4n) is 2.85. The van der Waals surface area contributed by atoms with Crippen molar-refractivity contribution >= 4 is 11.9 Å². The normalized spacial score (nSPS) is 14.8. The van der Waals surface area contributed by atoms with E-state index in [0.29, 0.717) is 30.1 Å². The van der Waals surface area contributed by atoms with E-state index >= 15 is 0 Å². The van der Waals surface area contributed by atoms with Crippen LogP contribution in [0.15, 0.2) is 36.4 Å². The van der Waals surface area contributed by atoms with Gasteiger partial charge in [-0.25, -0.2) is 4.79 Å². The summed E-state index contributed by atoms with van der Waals surface area (Å²) in [6.07, 6.45) is 1.50. The number of rotatable bonds is 4. The fraction of sp³-hybridized carbons (Fsp3) is 0.368. The van der Waals surface area contributed by atoms with Crippen LogP contribution in [0.1, 0.15) is 39.3 Å². The van der Waals surface area contributed by atoms with E-state index in [-0.39, 0.29) is 12.0 Å². The van der Waals surface area contributed by atoms with Crippen molar-refractivity contribution < 1.29 is 19.1 Å². The van der Waals surface area contributed by atoms with Crippen LogP contribution >= 0.6 is 0 Å². The summed E-state index contributed by atoms with van der Waals surface area (Å²) >= 11 is 0. The van der Waals surface area contributed by atoms with Gasteiger partial charge in [-0.15, -0.1) is 5.10 Å². The summed E-state index contributed by atoms with van der Waals surface area (Å²) in [4.78, 5) is 25.9. The molecule has 0 radical (unpaired) electrons. The van der Waals surface area contributed by atoms with Gasteiger partial charge in [0.25, 0.3) is 5.91 Å². The number of esters is 1. The number of nitrogens with zero attached hydrogens (tertiary/aromatic N) is 3. The molecule has 0 spiro atoms. The highest BCUT2D eigenvalue weighted by molar-refractivity contribution is 5.96. The van der Waals surface area contributed by atoms with Crippen molar-refractivity contribution in [2.45, 2.75) is 25.9 Å². The quantitative estimate of drug-likeness (QED) is 0.783. The second-order valence-electron chi connectivity index (χ2n) is 6.19. The Morgan fingerprint density at radius 2 is 1.65 bits per heavy atom. The van der Waals surface area contributed by atoms with Crippen LogP contribution in [0, 0.1) is 6.92 Å². The van der Waals surface area contributed by atoms with Gasteiger partial charge in [0.15, 0.2) is 0 Å². The minimum Gasteiger partial charge on any atom is -0.473 e. The third kappa shape index (κ3) is 4.17. The minimum atomic E-state index is -0.416. The third-order valence-electron chi connectivity index (χ3n) is 4.34. The van der Waals surface area contributed by atoms with E-state index in [1.54, 1.807) is 29.2 Å². The van der Waals surface area contributed by atoms with E-state index < -0.39 is 5.97 Å². The molecule has 0 bridgehead atoms. The first-order valence-corrected chi connectivity index (χ1v) is 8.51. The summed E-state index contributed by atoms with van der Waals surface area (Å²) in [6.45, 7) is 3.10. The third-order valence-corrected chi connectivity index (χ3v) is 4.34. The fourth-order valence-corrected chi connectivity index (χ4v) is 2.85. The molecule has 0 N–H and O–H groups in total. The maximum Gasteiger partial charge on any atom is 0.337 e. The van der Waals surface area contributed by atoms with Crippen molar-refractivity contribution in [2.75, 3.05) is 20.2 Å². The SMILES string of the molecule is COC(=O)c1ccc(C(=O)N2CCC(Oc3ccc(C)nn3)CC2)cc1. The zero-order valence-electron chi connectivity index (χ0n) is 14.8. The number of benzene rings is 1. The van der Waals surface area contributed by atoms with Crippen LogP contribution in [-0.4, -0.2) is 53.3 Å². The molecule has 0 unspecified atom stereocenters. The number of hydrogen-bond donors (Lipinski definition) is 0. The summed E-state index contributed by atoms with van der Waals surface area (Å²) < 4.78 is 10.5. The average molecular weight is 355 g/mol. The number of likely N-dealkylation sites (tertiary alicyclic amines) is 1. The Balaban J connectivity index is 1.54. The summed E-state index contributed by atoms with van der Waals surface area (Å²) in [7, 11) is 1.33. The van der Waals surface area contributed by atoms with Gasteiger partial charge in [-0.3, -0.25) is 4.79 Å². The van der Waals surface area contributed by atoms with Gasteiger partial charge in [0.1, 0.15) is 6.10 Å². The molecule has 136 valence electrons. The second kappa shape index (κ2) is 7.95. The van der Waals surface area contributed by atoms with Gasteiger partial charge in [-0.2, -0.15) is 5.10 Å². The molecule has 7 nitrogen and oxygen atoms in total. The van der Waals surface area contributed by atoms with Gasteiger partial charge < -0.3 is 14.4 Å². The van der Waals surface area contributed by atoms with Crippen molar-refractivity contribution in [2.24, 2.45) is 0 Å². The zero-order chi connectivity index (χ0) is 18.5. The van der Waals surface area contributed by atoms with E-state index in [0.717, 1.165) is 18.5 Å². The first-order valence-electron chi connectivity index (χ1n) is 8.51. The van der Waals surface area contributed by atoms with Crippen molar-refractivity contribution in [3.8, 4) is 5.88 Å². The Hall–Kier alpha value is -2.96. The van der Waals surface area contributed by atoms with E-state index in [1.165, 1.54) is 7.11 Å². The van der Waals surface area contributed by atoms with Crippen LogP contribution in [0.3, 0.4) is 0 Å². The number of ether oxygens (including phenoxy) is 2. The summed E-state index contributed by atoms with van der Waals surface area (Å²) in [5.74, 6) is 0.0509. The largest absolute Gasteiger partial charge is 0.473 e. The molecule has 1 aliphatic heterocycles. The average Bonchev–Trinajstić information content (AvgIpc) is 2.69. The lowest BCUT2D eigenvalue weighted by molar-refractivity contribution is 0.0578. The number of hydrogen-bond acceptors (Lipinski definition) is 6. The lowest BCUT2D eigenvalue weighted by Gasteiger charge is -2.32. The maximum atomic E-state index is 12.6. The van der Waals surface area contributed by atoms with Crippen LogP contribution < -0.4 is 4.74 Å². The number of aryl methyl sites for hydroxylation is 1. The van der Waals surface area contributed by atoms with Crippen LogP contribution in [0.25, 0.3) is 0 Å². The molecule has 1 fully saturated rings. The molecule has 0 atom stereocenters. The molecule has 0 aliphatic carbocycles. The highest BCUT2D eigenvalue weighted by atomic mass is 16.5. The molecule has 1 aromatic carbocycles. The van der Waals surface area contributed by atoms with E-state index in [4.69, 9.17) is 4.74 Å². The molecule has 1 aromatic heterocycles. The Morgan fingerprint density at radius 3 is 2.23 bits per heavy atom. The molecule has 3 rings (SSSR count). The van der Waals surface area contributed by atoms with Crippen LogP contribution in [-0.2, 0) is 4.74 Å². The molecule has 1 saturated heterocycles. The molecular formula is C19H21N3O4. The predicted octanol–water partition coefficient (Wildman–Crippen LogP) is 2.26. The van der Waals surface area contributed by atoms with E-state index in [9.17, 15) is 9.59 Å². The number of piperidine rings is 1. The molecule has 1 aliphatic rings. The minimum absolute atomic E-state index is 0.0257. The zero-order valence-corrected chi connectivity index (χ0v) is 14.8. The summed E-state index contributed by atoms with van der Waals surface area (Å²) in [6, 6.07) is 10.2. The smallest absolute Gasteiger partial charge is 0.337 e. The van der Waals surface area contributed by atoms with Gasteiger partial charge in [0.05, 0.1) is 18.4 Å². The molecule has 7 heteroatoms. The lowest BCUT2D eigenvalue weighted by atomic mass is 10.1. The van der Waals surface area contributed by atoms with E-state index in [2.05, 4.69) is 14.9 Å². The monoisotopic (exact) mass is 355 g/mol. The highest BCUT2D eigenvalue weighted by Gasteiger charge is 2.25. The Bertz CT molecular complexity index is 766. The highest BCUT2D eigenvalue weighted by Crippen LogP contribution is 2.19. The number of carbonyl (C=O) groups is 2. The summed E-state index contributed by atoms with van der Waals surface area (Å²) in [5.41, 5.74) is 1.83. The first kappa shape index (κ1) is 17.8. The van der Waals surface area contributed by atoms with Gasteiger partial charge in [0.2, 0.25) is 5.88 Å². The molecule has 26 heavy (non-hydrogen) atoms. The van der Waals surface area contributed by atoms with Gasteiger partial charge >= 0.3 is 5.97 Å². The van der Waals surface area contributed by atoms with Crippen molar-refractivity contribution in [3.63, 3.8) is 0 Å². The lowest BCUT2D eigenvalue weighted by Crippen LogP contribution is -2.41. The van der Waals surface area contributed by atoms with E-state index in [1.807, 2.05) is 19.1 Å². The van der Waals surface area contributed by atoms with Crippen molar-refractivity contribution in [1.29, 1.82) is 0 Å². The summed E-state index contributed by atoms with van der Waals surface area (Å²) in [5, 5.41) is 7.99. The molecular weight excluding hydrogens is 334 g/mol. The molecule has 2 heterocycles. The van der Waals surface area contributed by atoms with Crippen LogP contribution in [0.4, 0.5) is 0 Å². The predicted molar refractivity (Wildman–Crippen MR) is 94.1 cm³/mol. The number of carbonyl (C=O) groups excluding carboxylic acids is 2.